The molecule has 0 radical (unpaired) electrons. The highest BCUT2D eigenvalue weighted by Crippen LogP contribution is 2.23. The van der Waals surface area contributed by atoms with Crippen LogP contribution in [0.1, 0.15) is 39.0 Å². The molecule has 3 N–H and O–H groups in total. The molecule has 6 heteroatoms. The molecule has 5 nitrogen and oxygen atoms in total. The Bertz CT molecular complexity index is 354. The summed E-state index contributed by atoms with van der Waals surface area (Å²) in [5.41, 5.74) is 5.83. The van der Waals surface area contributed by atoms with E-state index in [1.54, 1.807) is 0 Å². The number of nitrogens with two attached hydrogens (primary N) is 1. The minimum absolute atomic E-state index is 0.312. The van der Waals surface area contributed by atoms with Crippen molar-refractivity contribution in [1.82, 2.24) is 5.32 Å². The highest BCUT2D eigenvalue weighted by atomic mass is 32.2. The van der Waals surface area contributed by atoms with E-state index in [1.807, 2.05) is 6.92 Å². The molecule has 2 atom stereocenters. The second-order valence-corrected chi connectivity index (χ2v) is 6.86. The standard InChI is InChI=1S/C11H22N2O3S/c1-2-7-13-11(14)8-17(15,16)10-6-4-3-5-9(10)12/h9-10H,2-8,12H2,1H3,(H,13,14). The van der Waals surface area contributed by atoms with Gasteiger partial charge in [-0.25, -0.2) is 8.42 Å². The minimum Gasteiger partial charge on any atom is -0.355 e. The molecule has 17 heavy (non-hydrogen) atoms. The molecule has 1 amide bonds. The Kier molecular flexibility index (Phi) is 5.39. The van der Waals surface area contributed by atoms with Crippen LogP contribution in [0.15, 0.2) is 0 Å². The molecule has 1 fully saturated rings. The number of amides is 1. The molecule has 0 heterocycles. The van der Waals surface area contributed by atoms with Crippen molar-refractivity contribution < 1.29 is 13.2 Å². The number of rotatable bonds is 5. The summed E-state index contributed by atoms with van der Waals surface area (Å²) in [4.78, 5) is 11.4. The largest absolute Gasteiger partial charge is 0.355 e. The number of carbonyl (C=O) groups is 1. The first kappa shape index (κ1) is 14.4. The monoisotopic (exact) mass is 262 g/mol. The predicted molar refractivity (Wildman–Crippen MR) is 67.3 cm³/mol. The van der Waals surface area contributed by atoms with E-state index in [-0.39, 0.29) is 6.04 Å². The third kappa shape index (κ3) is 4.27. The first-order valence-corrected chi connectivity index (χ1v) is 7.92. The van der Waals surface area contributed by atoms with E-state index in [0.29, 0.717) is 13.0 Å². The number of carbonyl (C=O) groups excluding carboxylic acids is 1. The summed E-state index contributed by atoms with van der Waals surface area (Å²) in [5, 5.41) is 2.05. The lowest BCUT2D eigenvalue weighted by molar-refractivity contribution is -0.118. The molecular weight excluding hydrogens is 240 g/mol. The minimum atomic E-state index is -3.40. The summed E-state index contributed by atoms with van der Waals surface area (Å²) in [7, 11) is -3.40. The summed E-state index contributed by atoms with van der Waals surface area (Å²) < 4.78 is 24.1. The van der Waals surface area contributed by atoms with Crippen LogP contribution in [0.2, 0.25) is 0 Å². The number of nitrogens with one attached hydrogen (secondary N) is 1. The molecule has 0 aliphatic heterocycles. The smallest absolute Gasteiger partial charge is 0.235 e. The molecule has 0 aromatic heterocycles. The number of hydrogen-bond donors (Lipinski definition) is 2. The first-order chi connectivity index (χ1) is 7.97. The van der Waals surface area contributed by atoms with E-state index in [1.165, 1.54) is 0 Å². The Morgan fingerprint density at radius 3 is 2.59 bits per heavy atom. The van der Waals surface area contributed by atoms with Gasteiger partial charge in [0.05, 0.1) is 5.25 Å². The van der Waals surface area contributed by atoms with Crippen LogP contribution >= 0.6 is 0 Å². The molecule has 0 aromatic carbocycles. The van der Waals surface area contributed by atoms with Gasteiger partial charge in [0.15, 0.2) is 9.84 Å². The second kappa shape index (κ2) is 6.35. The van der Waals surface area contributed by atoms with Gasteiger partial charge in [-0.2, -0.15) is 0 Å². The normalized spacial score (nSPS) is 25.5. The molecule has 2 unspecified atom stereocenters. The Labute approximate surface area is 103 Å². The molecule has 0 bridgehead atoms. The van der Waals surface area contributed by atoms with E-state index < -0.39 is 26.7 Å². The van der Waals surface area contributed by atoms with Gasteiger partial charge in [0.1, 0.15) is 5.75 Å². The molecule has 0 aromatic rings. The summed E-state index contributed by atoms with van der Waals surface area (Å²) in [6, 6.07) is -0.312. The van der Waals surface area contributed by atoms with Gasteiger partial charge < -0.3 is 11.1 Å². The lowest BCUT2D eigenvalue weighted by atomic mass is 9.96. The van der Waals surface area contributed by atoms with Gasteiger partial charge in [0.25, 0.3) is 0 Å². The molecule has 0 saturated heterocycles. The Hall–Kier alpha value is -0.620. The van der Waals surface area contributed by atoms with Crippen molar-refractivity contribution in [3.05, 3.63) is 0 Å². The van der Waals surface area contributed by atoms with Crippen molar-refractivity contribution >= 4 is 15.7 Å². The van der Waals surface area contributed by atoms with Crippen LogP contribution in [0.25, 0.3) is 0 Å². The van der Waals surface area contributed by atoms with Gasteiger partial charge in [-0.3, -0.25) is 4.79 Å². The third-order valence-corrected chi connectivity index (χ3v) is 5.29. The average molecular weight is 262 g/mol. The summed E-state index contributed by atoms with van der Waals surface area (Å²) in [6.45, 7) is 2.44. The Morgan fingerprint density at radius 1 is 1.35 bits per heavy atom. The van der Waals surface area contributed by atoms with Gasteiger partial charge >= 0.3 is 0 Å². The van der Waals surface area contributed by atoms with E-state index in [4.69, 9.17) is 5.73 Å². The first-order valence-electron chi connectivity index (χ1n) is 6.21. The van der Waals surface area contributed by atoms with Crippen LogP contribution < -0.4 is 11.1 Å². The Balaban J connectivity index is 2.58. The van der Waals surface area contributed by atoms with Gasteiger partial charge in [-0.1, -0.05) is 19.8 Å². The molecule has 1 rings (SSSR count). The van der Waals surface area contributed by atoms with Gasteiger partial charge in [0.2, 0.25) is 5.91 Å². The highest BCUT2D eigenvalue weighted by molar-refractivity contribution is 7.92. The second-order valence-electron chi connectivity index (χ2n) is 4.64. The molecule has 1 aliphatic carbocycles. The van der Waals surface area contributed by atoms with Crippen molar-refractivity contribution in [1.29, 1.82) is 0 Å². The van der Waals surface area contributed by atoms with E-state index in [2.05, 4.69) is 5.32 Å². The average Bonchev–Trinajstić information content (AvgIpc) is 2.26. The van der Waals surface area contributed by atoms with Crippen LogP contribution in [0.3, 0.4) is 0 Å². The van der Waals surface area contributed by atoms with Crippen LogP contribution in [0.4, 0.5) is 0 Å². The fourth-order valence-corrected chi connectivity index (χ4v) is 4.05. The summed E-state index contributed by atoms with van der Waals surface area (Å²) in [5.74, 6) is -0.838. The quantitative estimate of drug-likeness (QED) is 0.740. The molecular formula is C11H22N2O3S. The van der Waals surface area contributed by atoms with Crippen molar-refractivity contribution in [2.24, 2.45) is 5.73 Å². The summed E-state index contributed by atoms with van der Waals surface area (Å²) in [6.07, 6.45) is 3.99. The van der Waals surface area contributed by atoms with Gasteiger partial charge in [-0.05, 0) is 19.3 Å². The zero-order chi connectivity index (χ0) is 12.9. The fourth-order valence-electron chi connectivity index (χ4n) is 2.18. The molecule has 100 valence electrons. The molecule has 1 saturated carbocycles. The maximum atomic E-state index is 12.0. The molecule has 1 aliphatic rings. The van der Waals surface area contributed by atoms with Crippen LogP contribution in [-0.2, 0) is 14.6 Å². The number of sulfone groups is 1. The van der Waals surface area contributed by atoms with Gasteiger partial charge in [-0.15, -0.1) is 0 Å². The number of hydrogen-bond acceptors (Lipinski definition) is 4. The van der Waals surface area contributed by atoms with Crippen LogP contribution in [0, 0.1) is 0 Å². The van der Waals surface area contributed by atoms with Crippen molar-refractivity contribution in [2.45, 2.75) is 50.3 Å². The highest BCUT2D eigenvalue weighted by Gasteiger charge is 2.34. The molecule has 0 spiro atoms. The zero-order valence-electron chi connectivity index (χ0n) is 10.3. The maximum Gasteiger partial charge on any atom is 0.235 e. The van der Waals surface area contributed by atoms with Crippen molar-refractivity contribution in [3.63, 3.8) is 0 Å². The SMILES string of the molecule is CCCNC(=O)CS(=O)(=O)C1CCCCC1N. The van der Waals surface area contributed by atoms with Crippen molar-refractivity contribution in [3.8, 4) is 0 Å². The van der Waals surface area contributed by atoms with Crippen LogP contribution in [0.5, 0.6) is 0 Å². The van der Waals surface area contributed by atoms with Crippen molar-refractivity contribution in [2.75, 3.05) is 12.3 Å². The Morgan fingerprint density at radius 2 is 2.00 bits per heavy atom. The lowest BCUT2D eigenvalue weighted by Gasteiger charge is -2.27. The van der Waals surface area contributed by atoms with E-state index in [0.717, 1.165) is 25.7 Å². The van der Waals surface area contributed by atoms with Gasteiger partial charge in [0, 0.05) is 12.6 Å². The fraction of sp³-hybridized carbons (Fsp3) is 0.909. The third-order valence-electron chi connectivity index (χ3n) is 3.12. The zero-order valence-corrected chi connectivity index (χ0v) is 11.1. The van der Waals surface area contributed by atoms with E-state index in [9.17, 15) is 13.2 Å². The predicted octanol–water partition coefficient (Wildman–Crippen LogP) is 0.197. The summed E-state index contributed by atoms with van der Waals surface area (Å²) >= 11 is 0. The topological polar surface area (TPSA) is 89.3 Å². The van der Waals surface area contributed by atoms with E-state index >= 15 is 0 Å². The maximum absolute atomic E-state index is 12.0. The lowest BCUT2D eigenvalue weighted by Crippen LogP contribution is -2.46. The van der Waals surface area contributed by atoms with Crippen LogP contribution in [-0.4, -0.2) is 37.9 Å².